The van der Waals surface area contributed by atoms with E-state index < -0.39 is 5.97 Å². The first-order valence-corrected chi connectivity index (χ1v) is 8.86. The molecule has 0 saturated carbocycles. The van der Waals surface area contributed by atoms with Gasteiger partial charge in [-0.1, -0.05) is 41.9 Å². The van der Waals surface area contributed by atoms with Crippen molar-refractivity contribution >= 4 is 23.5 Å². The van der Waals surface area contributed by atoms with Crippen LogP contribution in [0.1, 0.15) is 18.4 Å². The average molecular weight is 376 g/mol. The quantitative estimate of drug-likeness (QED) is 0.510. The Morgan fingerprint density at radius 1 is 1.04 bits per heavy atom. The van der Waals surface area contributed by atoms with Crippen LogP contribution >= 0.6 is 11.6 Å². The lowest BCUT2D eigenvalue weighted by atomic mass is 10.1. The normalized spacial score (nSPS) is 10.2. The molecule has 0 unspecified atom stereocenters. The smallest absolute Gasteiger partial charge is 0.306 e. The van der Waals surface area contributed by atoms with Crippen LogP contribution < -0.4 is 10.1 Å². The molecular formula is C20H22ClNO4. The molecule has 0 aliphatic rings. The van der Waals surface area contributed by atoms with E-state index in [1.54, 1.807) is 6.07 Å². The third-order valence-corrected chi connectivity index (χ3v) is 3.76. The molecule has 26 heavy (non-hydrogen) atoms. The van der Waals surface area contributed by atoms with Gasteiger partial charge in [-0.3, -0.25) is 9.59 Å². The van der Waals surface area contributed by atoms with Gasteiger partial charge in [0.05, 0.1) is 6.61 Å². The topological polar surface area (TPSA) is 64.6 Å². The summed E-state index contributed by atoms with van der Waals surface area (Å²) < 4.78 is 10.4. The Kier molecular flexibility index (Phi) is 8.49. The van der Waals surface area contributed by atoms with Crippen molar-refractivity contribution in [3.05, 3.63) is 65.2 Å². The SMILES string of the molecule is O=C(COC(=O)CCCOc1ccccc1)NCCc1cccc(Cl)c1. The maximum absolute atomic E-state index is 11.7. The van der Waals surface area contributed by atoms with Gasteiger partial charge in [-0.05, 0) is 42.7 Å². The van der Waals surface area contributed by atoms with Crippen molar-refractivity contribution in [1.29, 1.82) is 0 Å². The molecule has 0 fully saturated rings. The fourth-order valence-corrected chi connectivity index (χ4v) is 2.44. The number of amides is 1. The lowest BCUT2D eigenvalue weighted by molar-refractivity contribution is -0.148. The summed E-state index contributed by atoms with van der Waals surface area (Å²) in [7, 11) is 0. The fraction of sp³-hybridized carbons (Fsp3) is 0.300. The number of ether oxygens (including phenoxy) is 2. The number of hydrogen-bond acceptors (Lipinski definition) is 4. The van der Waals surface area contributed by atoms with E-state index >= 15 is 0 Å². The van der Waals surface area contributed by atoms with Crippen molar-refractivity contribution in [3.63, 3.8) is 0 Å². The molecule has 0 spiro atoms. The van der Waals surface area contributed by atoms with Gasteiger partial charge in [0, 0.05) is 18.0 Å². The molecular weight excluding hydrogens is 354 g/mol. The Labute approximate surface area is 158 Å². The lowest BCUT2D eigenvalue weighted by Gasteiger charge is -2.08. The Morgan fingerprint density at radius 2 is 1.85 bits per heavy atom. The molecule has 2 rings (SSSR count). The largest absolute Gasteiger partial charge is 0.494 e. The maximum atomic E-state index is 11.7. The van der Waals surface area contributed by atoms with Gasteiger partial charge in [0.2, 0.25) is 0 Å². The van der Waals surface area contributed by atoms with E-state index in [-0.39, 0.29) is 18.9 Å². The van der Waals surface area contributed by atoms with Gasteiger partial charge in [0.25, 0.3) is 5.91 Å². The summed E-state index contributed by atoms with van der Waals surface area (Å²) in [5.74, 6) is 0.0347. The minimum absolute atomic E-state index is 0.211. The zero-order chi connectivity index (χ0) is 18.6. The van der Waals surface area contributed by atoms with Crippen LogP contribution in [0.15, 0.2) is 54.6 Å². The first-order valence-electron chi connectivity index (χ1n) is 8.48. The van der Waals surface area contributed by atoms with E-state index in [2.05, 4.69) is 5.32 Å². The molecule has 0 atom stereocenters. The van der Waals surface area contributed by atoms with Crippen LogP contribution in [0.25, 0.3) is 0 Å². The highest BCUT2D eigenvalue weighted by Gasteiger charge is 2.07. The van der Waals surface area contributed by atoms with Gasteiger partial charge in [-0.15, -0.1) is 0 Å². The number of carbonyl (C=O) groups excluding carboxylic acids is 2. The maximum Gasteiger partial charge on any atom is 0.306 e. The first-order chi connectivity index (χ1) is 12.6. The van der Waals surface area contributed by atoms with Crippen molar-refractivity contribution in [2.45, 2.75) is 19.3 Å². The number of benzene rings is 2. The number of para-hydroxylation sites is 1. The predicted octanol–water partition coefficient (Wildman–Crippen LogP) is 3.40. The zero-order valence-electron chi connectivity index (χ0n) is 14.4. The van der Waals surface area contributed by atoms with Gasteiger partial charge in [0.15, 0.2) is 6.61 Å². The third kappa shape index (κ3) is 8.03. The standard InChI is InChI=1S/C20H22ClNO4/c21-17-7-4-6-16(14-17)11-12-22-19(23)15-26-20(24)10-5-13-25-18-8-2-1-3-9-18/h1-4,6-9,14H,5,10-13,15H2,(H,22,23). The van der Waals surface area contributed by atoms with Gasteiger partial charge >= 0.3 is 5.97 Å². The summed E-state index contributed by atoms with van der Waals surface area (Å²) in [5, 5.41) is 3.38. The molecule has 1 amide bonds. The van der Waals surface area contributed by atoms with E-state index in [1.165, 1.54) is 0 Å². The molecule has 1 N–H and O–H groups in total. The third-order valence-electron chi connectivity index (χ3n) is 3.53. The van der Waals surface area contributed by atoms with Crippen LogP contribution in [0, 0.1) is 0 Å². The number of hydrogen-bond donors (Lipinski definition) is 1. The van der Waals surface area contributed by atoms with Gasteiger partial charge < -0.3 is 14.8 Å². The molecule has 0 radical (unpaired) electrons. The first kappa shape index (κ1) is 19.8. The van der Waals surface area contributed by atoms with Crippen molar-refractivity contribution in [3.8, 4) is 5.75 Å². The highest BCUT2D eigenvalue weighted by atomic mass is 35.5. The Bertz CT molecular complexity index is 706. The van der Waals surface area contributed by atoms with Crippen LogP contribution in [0.4, 0.5) is 0 Å². The minimum Gasteiger partial charge on any atom is -0.494 e. The second-order valence-corrected chi connectivity index (χ2v) is 6.09. The van der Waals surface area contributed by atoms with Crippen molar-refractivity contribution < 1.29 is 19.1 Å². The van der Waals surface area contributed by atoms with Gasteiger partial charge in [0.1, 0.15) is 5.75 Å². The molecule has 0 aromatic heterocycles. The summed E-state index contributed by atoms with van der Waals surface area (Å²) in [5.41, 5.74) is 1.04. The van der Waals surface area contributed by atoms with Crippen molar-refractivity contribution in [1.82, 2.24) is 5.32 Å². The fourth-order valence-electron chi connectivity index (χ4n) is 2.23. The van der Waals surface area contributed by atoms with E-state index in [9.17, 15) is 9.59 Å². The molecule has 0 aliphatic carbocycles. The van der Waals surface area contributed by atoms with Gasteiger partial charge in [-0.2, -0.15) is 0 Å². The second-order valence-electron chi connectivity index (χ2n) is 5.66. The summed E-state index contributed by atoms with van der Waals surface area (Å²) in [6.07, 6.45) is 1.41. The highest BCUT2D eigenvalue weighted by Crippen LogP contribution is 2.11. The van der Waals surface area contributed by atoms with Crippen LogP contribution in [-0.2, 0) is 20.7 Å². The Hall–Kier alpha value is -2.53. The zero-order valence-corrected chi connectivity index (χ0v) is 15.2. The number of carbonyl (C=O) groups is 2. The van der Waals surface area contributed by atoms with E-state index in [4.69, 9.17) is 21.1 Å². The molecule has 138 valence electrons. The average Bonchev–Trinajstić information content (AvgIpc) is 2.64. The summed E-state index contributed by atoms with van der Waals surface area (Å²) in [6.45, 7) is 0.612. The summed E-state index contributed by atoms with van der Waals surface area (Å²) in [6, 6.07) is 16.8. The van der Waals surface area contributed by atoms with Crippen LogP contribution in [0.5, 0.6) is 5.75 Å². The molecule has 0 saturated heterocycles. The number of esters is 1. The number of halogens is 1. The molecule has 5 nitrogen and oxygen atoms in total. The molecule has 0 bridgehead atoms. The van der Waals surface area contributed by atoms with Crippen molar-refractivity contribution in [2.75, 3.05) is 19.8 Å². The monoisotopic (exact) mass is 375 g/mol. The van der Waals surface area contributed by atoms with E-state index in [0.717, 1.165) is 11.3 Å². The molecule has 0 heterocycles. The summed E-state index contributed by atoms with van der Waals surface area (Å²) in [4.78, 5) is 23.3. The van der Waals surface area contributed by atoms with E-state index in [1.807, 2.05) is 48.5 Å². The molecule has 0 aliphatic heterocycles. The van der Waals surface area contributed by atoms with Crippen LogP contribution in [-0.4, -0.2) is 31.6 Å². The van der Waals surface area contributed by atoms with Crippen LogP contribution in [0.2, 0.25) is 5.02 Å². The molecule has 2 aromatic rings. The molecule has 2 aromatic carbocycles. The Morgan fingerprint density at radius 3 is 2.62 bits per heavy atom. The number of nitrogens with one attached hydrogen (secondary N) is 1. The lowest BCUT2D eigenvalue weighted by Crippen LogP contribution is -2.30. The summed E-state index contributed by atoms with van der Waals surface area (Å²) >= 11 is 5.90. The number of rotatable bonds is 10. The second kappa shape index (κ2) is 11.2. The van der Waals surface area contributed by atoms with Crippen molar-refractivity contribution in [2.24, 2.45) is 0 Å². The minimum atomic E-state index is -0.411. The predicted molar refractivity (Wildman–Crippen MR) is 100 cm³/mol. The molecule has 6 heteroatoms. The van der Waals surface area contributed by atoms with Gasteiger partial charge in [-0.25, -0.2) is 0 Å². The van der Waals surface area contributed by atoms with E-state index in [0.29, 0.717) is 31.0 Å². The Balaban J connectivity index is 1.52. The highest BCUT2D eigenvalue weighted by molar-refractivity contribution is 6.30. The van der Waals surface area contributed by atoms with Crippen LogP contribution in [0.3, 0.4) is 0 Å².